The van der Waals surface area contributed by atoms with Gasteiger partial charge in [-0.1, -0.05) is 23.2 Å². The number of carbonyl (C=O) groups is 1. The van der Waals surface area contributed by atoms with Crippen LogP contribution in [-0.2, 0) is 0 Å². The molecule has 0 aromatic carbocycles. The van der Waals surface area contributed by atoms with Crippen LogP contribution in [0.2, 0.25) is 0 Å². The molecule has 1 amide bonds. The van der Waals surface area contributed by atoms with Crippen LogP contribution in [0.1, 0.15) is 15.4 Å². The van der Waals surface area contributed by atoms with Crippen LogP contribution in [0.5, 0.6) is 0 Å². The molecule has 0 bridgehead atoms. The molecule has 7 nitrogen and oxygen atoms in total. The minimum Gasteiger partial charge on any atom is -0.384 e. The molecule has 0 radical (unpaired) electrons. The zero-order valence-electron chi connectivity index (χ0n) is 8.47. The van der Waals surface area contributed by atoms with E-state index in [9.17, 15) is 4.79 Å². The monoisotopic (exact) mass is 249 g/mol. The normalized spacial score (nSPS) is 9.47. The Kier molecular flexibility index (Phi) is 3.44. The summed E-state index contributed by atoms with van der Waals surface area (Å²) >= 11 is 1.21. The van der Waals surface area contributed by atoms with Crippen LogP contribution in [0.3, 0.4) is 0 Å². The molecule has 86 valence electrons. The lowest BCUT2D eigenvalue weighted by Gasteiger charge is -1.95. The summed E-state index contributed by atoms with van der Waals surface area (Å²) in [4.78, 5) is 16.2. The maximum atomic E-state index is 11.6. The number of anilines is 1. The van der Waals surface area contributed by atoms with Crippen LogP contribution in [0.25, 0.3) is 0 Å². The van der Waals surface area contributed by atoms with E-state index in [1.807, 2.05) is 0 Å². The number of hydrogen-bond donors (Lipinski definition) is 3. The number of carbonyl (C=O) groups excluding carboxylic acids is 1. The Hall–Kier alpha value is -2.24. The van der Waals surface area contributed by atoms with Crippen LogP contribution in [0.15, 0.2) is 12.4 Å². The molecule has 3 N–H and O–H groups in total. The summed E-state index contributed by atoms with van der Waals surface area (Å²) in [6.45, 7) is -0.210. The molecule has 0 aliphatic rings. The SMILES string of the molecule is O=C(Nc1ncc(C#CCO)s1)c1cn[nH]n1. The van der Waals surface area contributed by atoms with Gasteiger partial charge in [-0.05, 0) is 0 Å². The Morgan fingerprint density at radius 2 is 2.47 bits per heavy atom. The van der Waals surface area contributed by atoms with Crippen LogP contribution in [-0.4, -0.2) is 38.0 Å². The molecule has 2 rings (SSSR count). The van der Waals surface area contributed by atoms with Gasteiger partial charge in [-0.2, -0.15) is 15.4 Å². The molecule has 0 spiro atoms. The highest BCUT2D eigenvalue weighted by Crippen LogP contribution is 2.17. The number of nitrogens with one attached hydrogen (secondary N) is 2. The summed E-state index contributed by atoms with van der Waals surface area (Å²) < 4.78 is 0. The Morgan fingerprint density at radius 1 is 1.59 bits per heavy atom. The molecule has 0 fully saturated rings. The highest BCUT2D eigenvalue weighted by Gasteiger charge is 2.10. The van der Waals surface area contributed by atoms with Gasteiger partial charge in [0.15, 0.2) is 10.8 Å². The number of aliphatic hydroxyl groups is 1. The fourth-order valence-corrected chi connectivity index (χ4v) is 1.67. The summed E-state index contributed by atoms with van der Waals surface area (Å²) in [7, 11) is 0. The van der Waals surface area contributed by atoms with Crippen LogP contribution in [0.4, 0.5) is 5.13 Å². The first-order valence-electron chi connectivity index (χ1n) is 4.52. The van der Waals surface area contributed by atoms with Crippen LogP contribution in [0, 0.1) is 11.8 Å². The van der Waals surface area contributed by atoms with Crippen molar-refractivity contribution in [3.63, 3.8) is 0 Å². The fourth-order valence-electron chi connectivity index (χ4n) is 0.989. The lowest BCUT2D eigenvalue weighted by Crippen LogP contribution is -2.11. The minimum atomic E-state index is -0.394. The molecule has 2 heterocycles. The third-order valence-electron chi connectivity index (χ3n) is 1.66. The number of nitrogens with zero attached hydrogens (tertiary/aromatic N) is 3. The first-order chi connectivity index (χ1) is 8.29. The standard InChI is InChI=1S/C9H7N5O2S/c15-3-1-2-6-4-10-9(17-6)12-8(16)7-5-11-14-13-7/h4-5,15H,3H2,(H,10,12,16)(H,11,13,14). The second-order valence-electron chi connectivity index (χ2n) is 2.80. The molecule has 0 saturated carbocycles. The van der Waals surface area contributed by atoms with Gasteiger partial charge >= 0.3 is 0 Å². The number of H-pyrrole nitrogens is 1. The molecule has 8 heteroatoms. The summed E-state index contributed by atoms with van der Waals surface area (Å²) in [6.07, 6.45) is 2.83. The first kappa shape index (κ1) is 11.3. The zero-order chi connectivity index (χ0) is 12.1. The van der Waals surface area contributed by atoms with Crippen molar-refractivity contribution in [2.24, 2.45) is 0 Å². The van der Waals surface area contributed by atoms with Crippen molar-refractivity contribution in [2.45, 2.75) is 0 Å². The maximum absolute atomic E-state index is 11.6. The lowest BCUT2D eigenvalue weighted by atomic mass is 10.4. The third-order valence-corrected chi connectivity index (χ3v) is 2.49. The molecule has 0 aliphatic heterocycles. The second kappa shape index (κ2) is 5.20. The predicted molar refractivity (Wildman–Crippen MR) is 60.4 cm³/mol. The zero-order valence-corrected chi connectivity index (χ0v) is 9.28. The summed E-state index contributed by atoms with van der Waals surface area (Å²) in [6, 6.07) is 0. The summed E-state index contributed by atoms with van der Waals surface area (Å²) in [5.41, 5.74) is 0.184. The smallest absolute Gasteiger partial charge is 0.279 e. The molecule has 0 saturated heterocycles. The largest absolute Gasteiger partial charge is 0.384 e. The van der Waals surface area contributed by atoms with E-state index in [1.54, 1.807) is 0 Å². The highest BCUT2D eigenvalue weighted by atomic mass is 32.1. The molecule has 17 heavy (non-hydrogen) atoms. The molecule has 0 atom stereocenters. The quantitative estimate of drug-likeness (QED) is 0.642. The highest BCUT2D eigenvalue weighted by molar-refractivity contribution is 7.16. The number of thiazole rings is 1. The van der Waals surface area contributed by atoms with Gasteiger partial charge in [-0.15, -0.1) is 0 Å². The van der Waals surface area contributed by atoms with Crippen LogP contribution < -0.4 is 5.32 Å². The van der Waals surface area contributed by atoms with Gasteiger partial charge in [0.1, 0.15) is 6.61 Å². The van der Waals surface area contributed by atoms with E-state index in [-0.39, 0.29) is 12.3 Å². The van der Waals surface area contributed by atoms with Crippen molar-refractivity contribution in [1.29, 1.82) is 0 Å². The van der Waals surface area contributed by atoms with E-state index in [2.05, 4.69) is 37.6 Å². The van der Waals surface area contributed by atoms with E-state index in [4.69, 9.17) is 5.11 Å². The van der Waals surface area contributed by atoms with Crippen molar-refractivity contribution in [3.8, 4) is 11.8 Å². The summed E-state index contributed by atoms with van der Waals surface area (Å²) in [5, 5.41) is 21.0. The van der Waals surface area contributed by atoms with Gasteiger partial charge in [-0.25, -0.2) is 4.98 Å². The third kappa shape index (κ3) is 2.87. The predicted octanol–water partition coefficient (Wildman–Crippen LogP) is -0.143. The molecular weight excluding hydrogens is 242 g/mol. The van der Waals surface area contributed by atoms with E-state index in [0.717, 1.165) is 0 Å². The molecule has 2 aromatic rings. The maximum Gasteiger partial charge on any atom is 0.279 e. The molecule has 2 aromatic heterocycles. The molecule has 0 unspecified atom stereocenters. The number of amides is 1. The number of aromatic amines is 1. The Bertz CT molecular complexity index is 566. The van der Waals surface area contributed by atoms with Crippen molar-refractivity contribution in [1.82, 2.24) is 20.4 Å². The van der Waals surface area contributed by atoms with E-state index < -0.39 is 5.91 Å². The van der Waals surface area contributed by atoms with Gasteiger partial charge in [0.2, 0.25) is 0 Å². The lowest BCUT2D eigenvalue weighted by molar-refractivity contribution is 0.102. The second-order valence-corrected chi connectivity index (χ2v) is 3.83. The van der Waals surface area contributed by atoms with Gasteiger partial charge in [0.05, 0.1) is 17.3 Å². The van der Waals surface area contributed by atoms with E-state index in [1.165, 1.54) is 23.7 Å². The van der Waals surface area contributed by atoms with Crippen LogP contribution >= 0.6 is 11.3 Å². The van der Waals surface area contributed by atoms with Gasteiger partial charge in [0.25, 0.3) is 5.91 Å². The Labute approximate surface area is 99.9 Å². The Morgan fingerprint density at radius 3 is 3.18 bits per heavy atom. The molecule has 0 aliphatic carbocycles. The van der Waals surface area contributed by atoms with Crippen molar-refractivity contribution < 1.29 is 9.90 Å². The fraction of sp³-hybridized carbons (Fsp3) is 0.111. The average molecular weight is 249 g/mol. The van der Waals surface area contributed by atoms with Crippen molar-refractivity contribution in [2.75, 3.05) is 11.9 Å². The van der Waals surface area contributed by atoms with Crippen molar-refractivity contribution in [3.05, 3.63) is 23.0 Å². The van der Waals surface area contributed by atoms with Gasteiger partial charge in [-0.3, -0.25) is 10.1 Å². The first-order valence-corrected chi connectivity index (χ1v) is 5.34. The van der Waals surface area contributed by atoms with Gasteiger partial charge < -0.3 is 5.11 Å². The summed E-state index contributed by atoms with van der Waals surface area (Å²) in [5.74, 6) is 4.79. The number of aromatic nitrogens is 4. The minimum absolute atomic E-state index is 0.184. The molecular formula is C9H7N5O2S. The van der Waals surface area contributed by atoms with Crippen molar-refractivity contribution >= 4 is 22.4 Å². The number of hydrogen-bond acceptors (Lipinski definition) is 6. The number of rotatable bonds is 2. The number of aliphatic hydroxyl groups excluding tert-OH is 1. The van der Waals surface area contributed by atoms with Gasteiger partial charge in [0, 0.05) is 0 Å². The van der Waals surface area contributed by atoms with E-state index in [0.29, 0.717) is 10.0 Å². The average Bonchev–Trinajstić information content (AvgIpc) is 2.97. The topological polar surface area (TPSA) is 104 Å². The Balaban J connectivity index is 2.04. The van der Waals surface area contributed by atoms with E-state index >= 15 is 0 Å².